The molecule has 0 saturated carbocycles. The molecule has 40 heavy (non-hydrogen) atoms. The van der Waals surface area contributed by atoms with Gasteiger partial charge in [-0.1, -0.05) is 30.3 Å². The fraction of sp³-hybridized carbons (Fsp3) is 0.481. The smallest absolute Gasteiger partial charge is 0.407 e. The van der Waals surface area contributed by atoms with Gasteiger partial charge in [-0.25, -0.2) is 9.78 Å². The van der Waals surface area contributed by atoms with Crippen LogP contribution in [0.15, 0.2) is 36.4 Å². The summed E-state index contributed by atoms with van der Waals surface area (Å²) < 4.78 is 6.16. The Morgan fingerprint density at radius 2 is 1.73 bits per heavy atom. The van der Waals surface area contributed by atoms with Crippen LogP contribution in [-0.4, -0.2) is 117 Å². The molecule has 2 fully saturated rings. The molecule has 3 heterocycles. The minimum absolute atomic E-state index is 0.0168. The van der Waals surface area contributed by atoms with Gasteiger partial charge in [-0.15, -0.1) is 0 Å². The number of nitrogens with zero attached hydrogens (tertiary/aromatic N) is 5. The Bertz CT molecular complexity index is 1220. The van der Waals surface area contributed by atoms with E-state index in [0.717, 1.165) is 19.4 Å². The van der Waals surface area contributed by atoms with E-state index in [4.69, 9.17) is 4.74 Å². The molecule has 214 valence electrons. The summed E-state index contributed by atoms with van der Waals surface area (Å²) in [6.07, 6.45) is 0.166. The number of nitrogens with one attached hydrogen (secondary N) is 1. The SMILES string of the molecule is CN1CCCC(Oc2cc(C(=O)N[C@@H](CCC(=O)O)C(=O)N3CCN(C(=O)O)CC3)nc(-c3ccccc3)n2)C1. The van der Waals surface area contributed by atoms with Gasteiger partial charge in [0.1, 0.15) is 17.8 Å². The molecular formula is C27H34N6O7. The lowest BCUT2D eigenvalue weighted by molar-refractivity contribution is -0.138. The van der Waals surface area contributed by atoms with Crippen molar-refractivity contribution >= 4 is 23.9 Å². The van der Waals surface area contributed by atoms with E-state index in [-0.39, 0.29) is 62.5 Å². The molecule has 2 aromatic rings. The summed E-state index contributed by atoms with van der Waals surface area (Å²) >= 11 is 0. The van der Waals surface area contributed by atoms with E-state index in [9.17, 15) is 29.4 Å². The molecule has 2 saturated heterocycles. The van der Waals surface area contributed by atoms with Gasteiger partial charge in [0, 0.05) is 50.8 Å². The predicted octanol–water partition coefficient (Wildman–Crippen LogP) is 1.40. The zero-order valence-electron chi connectivity index (χ0n) is 22.4. The molecule has 0 aliphatic carbocycles. The summed E-state index contributed by atoms with van der Waals surface area (Å²) in [5.41, 5.74) is 0.661. The number of carboxylic acid groups (broad SMARTS) is 2. The molecule has 0 spiro atoms. The highest BCUT2D eigenvalue weighted by Crippen LogP contribution is 2.22. The number of benzene rings is 1. The first-order chi connectivity index (χ1) is 19.2. The first-order valence-corrected chi connectivity index (χ1v) is 13.3. The lowest BCUT2D eigenvalue weighted by Crippen LogP contribution is -2.55. The molecule has 2 aliphatic heterocycles. The number of piperazine rings is 1. The topological polar surface area (TPSA) is 165 Å². The Morgan fingerprint density at radius 1 is 1.02 bits per heavy atom. The van der Waals surface area contributed by atoms with E-state index in [2.05, 4.69) is 20.2 Å². The number of carboxylic acids is 1. The largest absolute Gasteiger partial charge is 0.481 e. The molecule has 0 bridgehead atoms. The number of carbonyl (C=O) groups excluding carboxylic acids is 2. The fourth-order valence-electron chi connectivity index (χ4n) is 4.80. The van der Waals surface area contributed by atoms with Crippen molar-refractivity contribution in [2.24, 2.45) is 0 Å². The molecule has 0 radical (unpaired) electrons. The second kappa shape index (κ2) is 13.2. The van der Waals surface area contributed by atoms with Crippen LogP contribution in [0.3, 0.4) is 0 Å². The zero-order valence-corrected chi connectivity index (χ0v) is 22.4. The van der Waals surface area contributed by atoms with Gasteiger partial charge in [0.25, 0.3) is 5.91 Å². The number of piperidine rings is 1. The Hall–Kier alpha value is -4.26. The monoisotopic (exact) mass is 554 g/mol. The van der Waals surface area contributed by atoms with Gasteiger partial charge in [-0.2, -0.15) is 4.98 Å². The van der Waals surface area contributed by atoms with E-state index in [1.165, 1.54) is 15.9 Å². The van der Waals surface area contributed by atoms with Gasteiger partial charge in [0.2, 0.25) is 11.8 Å². The molecule has 2 aliphatic rings. The van der Waals surface area contributed by atoms with Crippen molar-refractivity contribution in [3.8, 4) is 17.3 Å². The number of carbonyl (C=O) groups is 4. The Kier molecular flexibility index (Phi) is 9.48. The van der Waals surface area contributed by atoms with Gasteiger partial charge in [-0.05, 0) is 32.9 Å². The third-order valence-corrected chi connectivity index (χ3v) is 6.95. The van der Waals surface area contributed by atoms with Crippen molar-refractivity contribution in [1.29, 1.82) is 0 Å². The Balaban J connectivity index is 1.56. The van der Waals surface area contributed by atoms with Crippen molar-refractivity contribution < 1.29 is 34.1 Å². The van der Waals surface area contributed by atoms with Crippen LogP contribution in [0.4, 0.5) is 4.79 Å². The lowest BCUT2D eigenvalue weighted by atomic mass is 10.1. The first-order valence-electron chi connectivity index (χ1n) is 13.3. The van der Waals surface area contributed by atoms with Gasteiger partial charge < -0.3 is 35.0 Å². The average molecular weight is 555 g/mol. The normalized spacial score (nSPS) is 18.6. The Labute approximate surface area is 231 Å². The fourth-order valence-corrected chi connectivity index (χ4v) is 4.80. The number of hydrogen-bond donors (Lipinski definition) is 3. The van der Waals surface area contributed by atoms with Crippen molar-refractivity contribution in [3.63, 3.8) is 0 Å². The Morgan fingerprint density at radius 3 is 2.38 bits per heavy atom. The summed E-state index contributed by atoms with van der Waals surface area (Å²) in [5.74, 6) is -1.73. The first kappa shape index (κ1) is 28.7. The maximum Gasteiger partial charge on any atom is 0.407 e. The summed E-state index contributed by atoms with van der Waals surface area (Å²) in [6.45, 7) is 2.24. The van der Waals surface area contributed by atoms with Crippen LogP contribution in [0.25, 0.3) is 11.4 Å². The van der Waals surface area contributed by atoms with E-state index in [0.29, 0.717) is 12.1 Å². The average Bonchev–Trinajstić information content (AvgIpc) is 2.95. The number of rotatable bonds is 9. The third-order valence-electron chi connectivity index (χ3n) is 6.95. The zero-order chi connectivity index (χ0) is 28.6. The van der Waals surface area contributed by atoms with E-state index >= 15 is 0 Å². The van der Waals surface area contributed by atoms with Crippen LogP contribution in [0.5, 0.6) is 5.88 Å². The van der Waals surface area contributed by atoms with Crippen molar-refractivity contribution in [2.75, 3.05) is 46.3 Å². The van der Waals surface area contributed by atoms with Crippen LogP contribution in [0, 0.1) is 0 Å². The van der Waals surface area contributed by atoms with Crippen LogP contribution < -0.4 is 10.1 Å². The summed E-state index contributed by atoms with van der Waals surface area (Å²) in [6, 6.07) is 9.42. The summed E-state index contributed by atoms with van der Waals surface area (Å²) in [5, 5.41) is 21.1. The molecule has 13 heteroatoms. The second-order valence-electron chi connectivity index (χ2n) is 9.98. The molecule has 3 amide bonds. The molecule has 3 N–H and O–H groups in total. The third kappa shape index (κ3) is 7.65. The van der Waals surface area contributed by atoms with E-state index < -0.39 is 29.9 Å². The minimum atomic E-state index is -1.13. The lowest BCUT2D eigenvalue weighted by Gasteiger charge is -2.35. The number of likely N-dealkylation sites (N-methyl/N-ethyl adjacent to an activating group) is 1. The van der Waals surface area contributed by atoms with Gasteiger partial charge in [-0.3, -0.25) is 14.4 Å². The standard InChI is InChI=1S/C27H34N6O7/c1-31-11-5-8-19(17-31)40-22-16-21(28-24(30-22)18-6-3-2-4-7-18)25(36)29-20(9-10-23(34)35)26(37)32-12-14-33(15-13-32)27(38)39/h2-4,6-7,16,19-20H,5,8-15,17H2,1H3,(H,29,36)(H,34,35)(H,38,39)/t19?,20-/m0/s1. The number of ether oxygens (including phenoxy) is 1. The quantitative estimate of drug-likeness (QED) is 0.412. The van der Waals surface area contributed by atoms with Crippen molar-refractivity contribution in [2.45, 2.75) is 37.8 Å². The number of hydrogen-bond acceptors (Lipinski definition) is 8. The van der Waals surface area contributed by atoms with Crippen molar-refractivity contribution in [3.05, 3.63) is 42.1 Å². The van der Waals surface area contributed by atoms with Crippen LogP contribution in [-0.2, 0) is 9.59 Å². The molecule has 1 unspecified atom stereocenters. The maximum atomic E-state index is 13.4. The van der Waals surface area contributed by atoms with Crippen molar-refractivity contribution in [1.82, 2.24) is 30.0 Å². The number of amides is 3. The van der Waals surface area contributed by atoms with E-state index in [1.807, 2.05) is 37.4 Å². The van der Waals surface area contributed by atoms with Gasteiger partial charge in [0.15, 0.2) is 5.82 Å². The second-order valence-corrected chi connectivity index (χ2v) is 9.98. The molecule has 13 nitrogen and oxygen atoms in total. The summed E-state index contributed by atoms with van der Waals surface area (Å²) in [7, 11) is 2.01. The molecular weight excluding hydrogens is 520 g/mol. The van der Waals surface area contributed by atoms with Crippen LogP contribution in [0.1, 0.15) is 36.2 Å². The number of aromatic nitrogens is 2. The van der Waals surface area contributed by atoms with E-state index in [1.54, 1.807) is 0 Å². The highest BCUT2D eigenvalue weighted by atomic mass is 16.5. The molecule has 1 aromatic heterocycles. The number of likely N-dealkylation sites (tertiary alicyclic amines) is 1. The predicted molar refractivity (Wildman–Crippen MR) is 143 cm³/mol. The van der Waals surface area contributed by atoms with Crippen LogP contribution in [0.2, 0.25) is 0 Å². The van der Waals surface area contributed by atoms with Crippen LogP contribution >= 0.6 is 0 Å². The molecule has 4 rings (SSSR count). The highest BCUT2D eigenvalue weighted by molar-refractivity contribution is 5.96. The van der Waals surface area contributed by atoms with Gasteiger partial charge in [0.05, 0.1) is 0 Å². The molecule has 2 atom stereocenters. The number of aliphatic carboxylic acids is 1. The molecule has 1 aromatic carbocycles. The minimum Gasteiger partial charge on any atom is -0.481 e. The highest BCUT2D eigenvalue weighted by Gasteiger charge is 2.31. The maximum absolute atomic E-state index is 13.4. The van der Waals surface area contributed by atoms with Gasteiger partial charge >= 0.3 is 12.1 Å². The summed E-state index contributed by atoms with van der Waals surface area (Å²) in [4.78, 5) is 63.0.